The quantitative estimate of drug-likeness (QED) is 0.531. The second-order valence-corrected chi connectivity index (χ2v) is 4.10. The minimum absolute atomic E-state index is 0.898. The molecular weight excluding hydrogens is 168 g/mol. The maximum Gasteiger partial charge on any atom is -0.0448 e. The molecule has 0 fully saturated rings. The summed E-state index contributed by atoms with van der Waals surface area (Å²) in [4.78, 5) is 0. The Morgan fingerprint density at radius 3 is 1.14 bits per heavy atom. The van der Waals surface area contributed by atoms with E-state index in [4.69, 9.17) is 0 Å². The lowest BCUT2D eigenvalue weighted by Gasteiger charge is -1.98. The number of hydrogen-bond acceptors (Lipinski definition) is 0. The van der Waals surface area contributed by atoms with E-state index in [0.29, 0.717) is 0 Å². The van der Waals surface area contributed by atoms with E-state index in [-0.39, 0.29) is 0 Å². The van der Waals surface area contributed by atoms with Gasteiger partial charge in [-0.05, 0) is 11.8 Å². The van der Waals surface area contributed by atoms with Crippen molar-refractivity contribution < 1.29 is 0 Å². The standard InChI is InChI=1S/2C6H14.C2H6/c1-4-5-6(2)3;1-4-6(3)5-2;1-2/h2*6H,4-5H2,1-3H3;1-2H3. The van der Waals surface area contributed by atoms with E-state index in [1.165, 1.54) is 25.7 Å². The highest BCUT2D eigenvalue weighted by molar-refractivity contribution is 4.41. The first-order valence-corrected chi connectivity index (χ1v) is 6.58. The van der Waals surface area contributed by atoms with E-state index in [1.807, 2.05) is 13.8 Å². The van der Waals surface area contributed by atoms with Gasteiger partial charge >= 0.3 is 0 Å². The van der Waals surface area contributed by atoms with E-state index >= 15 is 0 Å². The Morgan fingerprint density at radius 2 is 1.14 bits per heavy atom. The highest BCUT2D eigenvalue weighted by Crippen LogP contribution is 2.02. The van der Waals surface area contributed by atoms with Gasteiger partial charge < -0.3 is 0 Å². The molecule has 0 rings (SSSR count). The van der Waals surface area contributed by atoms with Gasteiger partial charge in [0.25, 0.3) is 0 Å². The number of hydrogen-bond donors (Lipinski definition) is 0. The number of rotatable bonds is 4. The van der Waals surface area contributed by atoms with Crippen LogP contribution in [-0.2, 0) is 0 Å². The van der Waals surface area contributed by atoms with Crippen LogP contribution in [0, 0.1) is 11.8 Å². The molecule has 0 spiro atoms. The molecule has 0 atom stereocenters. The molecule has 90 valence electrons. The van der Waals surface area contributed by atoms with Crippen LogP contribution in [0.15, 0.2) is 0 Å². The second kappa shape index (κ2) is 18.7. The molecule has 0 heterocycles. The molecule has 0 heteroatoms. The summed E-state index contributed by atoms with van der Waals surface area (Å²) in [6.07, 6.45) is 5.37. The maximum absolute atomic E-state index is 2.28. The van der Waals surface area contributed by atoms with Crippen molar-refractivity contribution in [2.45, 2.75) is 81.1 Å². The zero-order valence-corrected chi connectivity index (χ0v) is 12.0. The van der Waals surface area contributed by atoms with Crippen LogP contribution in [0.1, 0.15) is 81.1 Å². The minimum Gasteiger partial charge on any atom is -0.0683 e. The summed E-state index contributed by atoms with van der Waals surface area (Å²) < 4.78 is 0. The molecule has 0 aromatic heterocycles. The summed E-state index contributed by atoms with van der Waals surface area (Å²) in [5.41, 5.74) is 0. The Kier molecular flexibility index (Phi) is 26.1. The molecule has 0 unspecified atom stereocenters. The van der Waals surface area contributed by atoms with Gasteiger partial charge in [-0.2, -0.15) is 0 Å². The van der Waals surface area contributed by atoms with E-state index < -0.39 is 0 Å². The summed E-state index contributed by atoms with van der Waals surface area (Å²) in [5, 5.41) is 0. The predicted octanol–water partition coefficient (Wildman–Crippen LogP) is 5.91. The molecule has 0 aliphatic carbocycles. The largest absolute Gasteiger partial charge is 0.0683 e. The van der Waals surface area contributed by atoms with Gasteiger partial charge in [0.15, 0.2) is 0 Å². The molecule has 0 bridgehead atoms. The fourth-order valence-electron chi connectivity index (χ4n) is 0.866. The molecular formula is C14H34. The first-order valence-electron chi connectivity index (χ1n) is 6.58. The third-order valence-corrected chi connectivity index (χ3v) is 2.26. The average Bonchev–Trinajstić information content (AvgIpc) is 2.20. The zero-order valence-electron chi connectivity index (χ0n) is 12.0. The van der Waals surface area contributed by atoms with Crippen LogP contribution in [-0.4, -0.2) is 0 Å². The third-order valence-electron chi connectivity index (χ3n) is 2.26. The molecule has 14 heavy (non-hydrogen) atoms. The Bertz CT molecular complexity index is 60.4. The summed E-state index contributed by atoms with van der Waals surface area (Å²) >= 11 is 0. The zero-order chi connectivity index (χ0) is 12.0. The summed E-state index contributed by atoms with van der Waals surface area (Å²) in [5.74, 6) is 1.83. The van der Waals surface area contributed by atoms with Crippen molar-refractivity contribution in [3.8, 4) is 0 Å². The summed E-state index contributed by atoms with van der Waals surface area (Å²) in [6.45, 7) is 17.5. The van der Waals surface area contributed by atoms with Gasteiger partial charge in [-0.3, -0.25) is 0 Å². The molecule has 0 aromatic carbocycles. The molecule has 0 saturated carbocycles. The molecule has 0 nitrogen and oxygen atoms in total. The van der Waals surface area contributed by atoms with Crippen molar-refractivity contribution in [2.24, 2.45) is 11.8 Å². The van der Waals surface area contributed by atoms with Gasteiger partial charge in [0, 0.05) is 0 Å². The topological polar surface area (TPSA) is 0 Å². The molecule has 0 amide bonds. The fourth-order valence-corrected chi connectivity index (χ4v) is 0.866. The summed E-state index contributed by atoms with van der Waals surface area (Å²) in [7, 11) is 0. The highest BCUT2D eigenvalue weighted by atomic mass is 13.9. The first kappa shape index (κ1) is 19.6. The van der Waals surface area contributed by atoms with Gasteiger partial charge in [0.05, 0.1) is 0 Å². The maximum atomic E-state index is 2.28. The van der Waals surface area contributed by atoms with Crippen LogP contribution in [0.2, 0.25) is 0 Å². The van der Waals surface area contributed by atoms with E-state index in [9.17, 15) is 0 Å². The Balaban J connectivity index is -0.000000147. The lowest BCUT2D eigenvalue weighted by molar-refractivity contribution is 0.544. The molecule has 0 saturated heterocycles. The van der Waals surface area contributed by atoms with Crippen LogP contribution >= 0.6 is 0 Å². The third kappa shape index (κ3) is 29.6. The van der Waals surface area contributed by atoms with Crippen molar-refractivity contribution >= 4 is 0 Å². The Hall–Kier alpha value is 0. The van der Waals surface area contributed by atoms with E-state index in [0.717, 1.165) is 11.8 Å². The minimum atomic E-state index is 0.898. The predicted molar refractivity (Wildman–Crippen MR) is 70.8 cm³/mol. The van der Waals surface area contributed by atoms with Crippen LogP contribution in [0.4, 0.5) is 0 Å². The molecule has 0 N–H and O–H groups in total. The van der Waals surface area contributed by atoms with Crippen molar-refractivity contribution in [3.63, 3.8) is 0 Å². The highest BCUT2D eigenvalue weighted by Gasteiger charge is 1.88. The smallest absolute Gasteiger partial charge is 0.0448 e. The van der Waals surface area contributed by atoms with Crippen LogP contribution in [0.3, 0.4) is 0 Å². The molecule has 0 aliphatic heterocycles. The first-order chi connectivity index (χ1) is 6.58. The van der Waals surface area contributed by atoms with Crippen LogP contribution in [0.25, 0.3) is 0 Å². The van der Waals surface area contributed by atoms with Gasteiger partial charge in [0.1, 0.15) is 0 Å². The normalized spacial score (nSPS) is 9.00. The lowest BCUT2D eigenvalue weighted by Crippen LogP contribution is -1.85. The van der Waals surface area contributed by atoms with Crippen LogP contribution in [0.5, 0.6) is 0 Å². The van der Waals surface area contributed by atoms with Crippen LogP contribution < -0.4 is 0 Å². The average molecular weight is 202 g/mol. The molecule has 0 aromatic rings. The second-order valence-electron chi connectivity index (χ2n) is 4.10. The Morgan fingerprint density at radius 1 is 0.786 bits per heavy atom. The van der Waals surface area contributed by atoms with Crippen molar-refractivity contribution in [3.05, 3.63) is 0 Å². The van der Waals surface area contributed by atoms with E-state index in [1.54, 1.807) is 0 Å². The molecule has 0 radical (unpaired) electrons. The van der Waals surface area contributed by atoms with Gasteiger partial charge in [-0.1, -0.05) is 81.1 Å². The molecule has 0 aliphatic rings. The van der Waals surface area contributed by atoms with Crippen molar-refractivity contribution in [1.29, 1.82) is 0 Å². The van der Waals surface area contributed by atoms with Gasteiger partial charge in [0.2, 0.25) is 0 Å². The van der Waals surface area contributed by atoms with E-state index in [2.05, 4.69) is 41.5 Å². The lowest BCUT2D eigenvalue weighted by atomic mass is 10.1. The van der Waals surface area contributed by atoms with Crippen molar-refractivity contribution in [2.75, 3.05) is 0 Å². The monoisotopic (exact) mass is 202 g/mol. The fraction of sp³-hybridized carbons (Fsp3) is 1.00. The van der Waals surface area contributed by atoms with Crippen molar-refractivity contribution in [1.82, 2.24) is 0 Å². The Labute approximate surface area is 93.5 Å². The summed E-state index contributed by atoms with van der Waals surface area (Å²) in [6, 6.07) is 0. The SMILES string of the molecule is CC.CCC(C)CC.CCCC(C)C. The van der Waals surface area contributed by atoms with Gasteiger partial charge in [-0.25, -0.2) is 0 Å². The van der Waals surface area contributed by atoms with Gasteiger partial charge in [-0.15, -0.1) is 0 Å².